The number of carbonyl (C=O) groups is 1. The predicted octanol–water partition coefficient (Wildman–Crippen LogP) is 2.56. The zero-order valence-corrected chi connectivity index (χ0v) is 12.1. The van der Waals surface area contributed by atoms with Crippen molar-refractivity contribution in [1.82, 2.24) is 10.6 Å². The van der Waals surface area contributed by atoms with Crippen molar-refractivity contribution in [1.29, 1.82) is 0 Å². The molecule has 2 N–H and O–H groups in total. The molecule has 100 valence electrons. The summed E-state index contributed by atoms with van der Waals surface area (Å²) in [5.41, 5.74) is 0. The first-order chi connectivity index (χ1) is 8.59. The van der Waals surface area contributed by atoms with E-state index in [9.17, 15) is 4.79 Å². The molecule has 4 heteroatoms. The van der Waals surface area contributed by atoms with Gasteiger partial charge in [0.05, 0.1) is 12.1 Å². The molecule has 1 aromatic rings. The van der Waals surface area contributed by atoms with Gasteiger partial charge >= 0.3 is 0 Å². The SMILES string of the molecule is CC(C)C(NC(=O)C1NCCC1C)c1cccs1. The van der Waals surface area contributed by atoms with Crippen LogP contribution in [-0.4, -0.2) is 18.5 Å². The van der Waals surface area contributed by atoms with Crippen molar-refractivity contribution in [2.75, 3.05) is 6.54 Å². The second-order valence-corrected chi connectivity index (χ2v) is 6.42. The first kappa shape index (κ1) is 13.6. The van der Waals surface area contributed by atoms with Gasteiger partial charge in [-0.2, -0.15) is 0 Å². The Morgan fingerprint density at radius 2 is 2.33 bits per heavy atom. The highest BCUT2D eigenvalue weighted by Crippen LogP contribution is 2.26. The molecule has 0 bridgehead atoms. The summed E-state index contributed by atoms with van der Waals surface area (Å²) in [7, 11) is 0. The first-order valence-electron chi connectivity index (χ1n) is 6.66. The number of nitrogens with one attached hydrogen (secondary N) is 2. The van der Waals surface area contributed by atoms with Crippen LogP contribution >= 0.6 is 11.3 Å². The van der Waals surface area contributed by atoms with Gasteiger partial charge in [0.25, 0.3) is 0 Å². The Hall–Kier alpha value is -0.870. The van der Waals surface area contributed by atoms with Gasteiger partial charge < -0.3 is 10.6 Å². The Balaban J connectivity index is 2.03. The number of hydrogen-bond donors (Lipinski definition) is 2. The maximum atomic E-state index is 12.3. The van der Waals surface area contributed by atoms with Crippen LogP contribution < -0.4 is 10.6 Å². The molecule has 0 aromatic carbocycles. The third-order valence-electron chi connectivity index (χ3n) is 3.63. The number of thiophene rings is 1. The van der Waals surface area contributed by atoms with Crippen molar-refractivity contribution in [2.45, 2.75) is 39.3 Å². The molecule has 3 nitrogen and oxygen atoms in total. The van der Waals surface area contributed by atoms with E-state index < -0.39 is 0 Å². The fourth-order valence-electron chi connectivity index (χ4n) is 2.46. The Morgan fingerprint density at radius 3 is 2.83 bits per heavy atom. The van der Waals surface area contributed by atoms with Crippen LogP contribution in [0.15, 0.2) is 17.5 Å². The molecule has 3 unspecified atom stereocenters. The molecule has 0 radical (unpaired) electrons. The number of carbonyl (C=O) groups excluding carboxylic acids is 1. The fraction of sp³-hybridized carbons (Fsp3) is 0.643. The van der Waals surface area contributed by atoms with Crippen molar-refractivity contribution in [3.05, 3.63) is 22.4 Å². The third-order valence-corrected chi connectivity index (χ3v) is 4.58. The minimum Gasteiger partial charge on any atom is -0.347 e. The molecule has 0 aliphatic carbocycles. The van der Waals surface area contributed by atoms with E-state index in [1.807, 2.05) is 6.07 Å². The highest BCUT2D eigenvalue weighted by Gasteiger charge is 2.31. The Bertz CT molecular complexity index is 389. The molecular formula is C14H22N2OS. The summed E-state index contributed by atoms with van der Waals surface area (Å²) in [6, 6.07) is 4.25. The molecule has 2 rings (SSSR count). The molecule has 18 heavy (non-hydrogen) atoms. The normalized spacial score (nSPS) is 25.3. The summed E-state index contributed by atoms with van der Waals surface area (Å²) in [6.07, 6.45) is 1.09. The number of hydrogen-bond acceptors (Lipinski definition) is 3. The van der Waals surface area contributed by atoms with Crippen LogP contribution in [0.1, 0.15) is 38.1 Å². The third kappa shape index (κ3) is 2.93. The summed E-state index contributed by atoms with van der Waals surface area (Å²) in [5, 5.41) is 8.55. The molecule has 1 aromatic heterocycles. The molecule has 0 spiro atoms. The molecule has 1 fully saturated rings. The molecular weight excluding hydrogens is 244 g/mol. The van der Waals surface area contributed by atoms with Gasteiger partial charge in [0.1, 0.15) is 0 Å². The second kappa shape index (κ2) is 5.85. The maximum Gasteiger partial charge on any atom is 0.237 e. The van der Waals surface area contributed by atoms with Crippen molar-refractivity contribution < 1.29 is 4.79 Å². The average Bonchev–Trinajstić information content (AvgIpc) is 2.95. The standard InChI is InChI=1S/C14H22N2OS/c1-9(2)12(11-5-4-8-18-11)16-14(17)13-10(3)6-7-15-13/h4-5,8-10,12-13,15H,6-7H2,1-3H3,(H,16,17). The summed E-state index contributed by atoms with van der Waals surface area (Å²) in [4.78, 5) is 13.5. The summed E-state index contributed by atoms with van der Waals surface area (Å²) < 4.78 is 0. The maximum absolute atomic E-state index is 12.3. The summed E-state index contributed by atoms with van der Waals surface area (Å²) in [6.45, 7) is 7.39. The largest absolute Gasteiger partial charge is 0.347 e. The van der Waals surface area contributed by atoms with Crippen molar-refractivity contribution in [3.63, 3.8) is 0 Å². The van der Waals surface area contributed by atoms with Crippen LogP contribution in [0.25, 0.3) is 0 Å². The highest BCUT2D eigenvalue weighted by atomic mass is 32.1. The lowest BCUT2D eigenvalue weighted by atomic mass is 9.99. The van der Waals surface area contributed by atoms with E-state index in [4.69, 9.17) is 0 Å². The van der Waals surface area contributed by atoms with E-state index in [1.165, 1.54) is 4.88 Å². The lowest BCUT2D eigenvalue weighted by Gasteiger charge is -2.24. The van der Waals surface area contributed by atoms with E-state index in [0.29, 0.717) is 11.8 Å². The van der Waals surface area contributed by atoms with Gasteiger partial charge in [0.15, 0.2) is 0 Å². The van der Waals surface area contributed by atoms with E-state index in [1.54, 1.807) is 11.3 Å². The van der Waals surface area contributed by atoms with Crippen molar-refractivity contribution in [2.24, 2.45) is 11.8 Å². The van der Waals surface area contributed by atoms with Crippen LogP contribution in [0.3, 0.4) is 0 Å². The van der Waals surface area contributed by atoms with Gasteiger partial charge in [0.2, 0.25) is 5.91 Å². The zero-order chi connectivity index (χ0) is 13.1. The molecule has 2 heterocycles. The number of amides is 1. The van der Waals surface area contributed by atoms with Gasteiger partial charge in [0, 0.05) is 4.88 Å². The molecule has 3 atom stereocenters. The Labute approximate surface area is 113 Å². The molecule has 1 saturated heterocycles. The quantitative estimate of drug-likeness (QED) is 0.879. The molecule has 1 amide bonds. The van der Waals surface area contributed by atoms with Crippen molar-refractivity contribution in [3.8, 4) is 0 Å². The lowest BCUT2D eigenvalue weighted by molar-refractivity contribution is -0.124. The monoisotopic (exact) mass is 266 g/mol. The predicted molar refractivity (Wildman–Crippen MR) is 75.6 cm³/mol. The van der Waals surface area contributed by atoms with Crippen LogP contribution in [0.4, 0.5) is 0 Å². The fourth-order valence-corrected chi connectivity index (χ4v) is 3.41. The van der Waals surface area contributed by atoms with Gasteiger partial charge in [-0.3, -0.25) is 4.79 Å². The lowest BCUT2D eigenvalue weighted by Crippen LogP contribution is -2.45. The van der Waals surface area contributed by atoms with Crippen molar-refractivity contribution >= 4 is 17.2 Å². The first-order valence-corrected chi connectivity index (χ1v) is 7.54. The number of rotatable bonds is 4. The van der Waals surface area contributed by atoms with E-state index in [0.717, 1.165) is 13.0 Å². The van der Waals surface area contributed by atoms with Crippen LogP contribution in [0.2, 0.25) is 0 Å². The minimum atomic E-state index is -0.0220. The van der Waals surface area contributed by atoms with Crippen LogP contribution in [-0.2, 0) is 4.79 Å². The highest BCUT2D eigenvalue weighted by molar-refractivity contribution is 7.10. The average molecular weight is 266 g/mol. The second-order valence-electron chi connectivity index (χ2n) is 5.44. The van der Waals surface area contributed by atoms with Gasteiger partial charge in [-0.15, -0.1) is 11.3 Å². The van der Waals surface area contributed by atoms with Crippen LogP contribution in [0, 0.1) is 11.8 Å². The van der Waals surface area contributed by atoms with Gasteiger partial charge in [-0.25, -0.2) is 0 Å². The molecule has 1 aliphatic heterocycles. The van der Waals surface area contributed by atoms with E-state index >= 15 is 0 Å². The Kier molecular flexibility index (Phi) is 4.40. The zero-order valence-electron chi connectivity index (χ0n) is 11.3. The summed E-state index contributed by atoms with van der Waals surface area (Å²) in [5.74, 6) is 0.984. The van der Waals surface area contributed by atoms with Gasteiger partial charge in [-0.05, 0) is 36.2 Å². The smallest absolute Gasteiger partial charge is 0.237 e. The Morgan fingerprint density at radius 1 is 1.56 bits per heavy atom. The molecule has 1 aliphatic rings. The van der Waals surface area contributed by atoms with Crippen LogP contribution in [0.5, 0.6) is 0 Å². The summed E-state index contributed by atoms with van der Waals surface area (Å²) >= 11 is 1.71. The van der Waals surface area contributed by atoms with E-state index in [2.05, 4.69) is 42.9 Å². The minimum absolute atomic E-state index is 0.0220. The van der Waals surface area contributed by atoms with E-state index in [-0.39, 0.29) is 18.0 Å². The molecule has 0 saturated carbocycles. The van der Waals surface area contributed by atoms with Gasteiger partial charge in [-0.1, -0.05) is 26.8 Å². The topological polar surface area (TPSA) is 41.1 Å².